The molecule has 0 saturated heterocycles. The van der Waals surface area contributed by atoms with Gasteiger partial charge in [0, 0.05) is 10.0 Å². The molecular weight excluding hydrogens is 480 g/mol. The number of hydrogen-bond acceptors (Lipinski definition) is 5. The van der Waals surface area contributed by atoms with Gasteiger partial charge >= 0.3 is 5.97 Å². The fourth-order valence-electron chi connectivity index (χ4n) is 2.92. The van der Waals surface area contributed by atoms with Crippen LogP contribution in [0.5, 0.6) is 11.5 Å². The van der Waals surface area contributed by atoms with Crippen molar-refractivity contribution < 1.29 is 19.1 Å². The van der Waals surface area contributed by atoms with Gasteiger partial charge in [0.2, 0.25) is 0 Å². The molecule has 4 rings (SSSR count). The third-order valence-electron chi connectivity index (χ3n) is 4.44. The molecule has 0 aliphatic heterocycles. The van der Waals surface area contributed by atoms with E-state index < -0.39 is 11.9 Å². The molecule has 1 aromatic heterocycles. The van der Waals surface area contributed by atoms with E-state index in [1.54, 1.807) is 28.8 Å². The lowest BCUT2D eigenvalue weighted by atomic mass is 10.2. The van der Waals surface area contributed by atoms with Crippen molar-refractivity contribution in [2.45, 2.75) is 6.54 Å². The van der Waals surface area contributed by atoms with E-state index in [9.17, 15) is 9.59 Å². The molecule has 156 valence electrons. The number of thiazole rings is 1. The molecule has 3 aromatic carbocycles. The molecule has 8 heteroatoms. The van der Waals surface area contributed by atoms with Gasteiger partial charge in [-0.3, -0.25) is 9.59 Å². The number of benzene rings is 3. The Bertz CT molecular complexity index is 1310. The molecule has 31 heavy (non-hydrogen) atoms. The van der Waals surface area contributed by atoms with Gasteiger partial charge in [0.15, 0.2) is 4.80 Å². The lowest BCUT2D eigenvalue weighted by Gasteiger charge is -2.05. The van der Waals surface area contributed by atoms with Crippen LogP contribution >= 0.6 is 27.3 Å². The smallest absolute Gasteiger partial charge is 0.325 e. The van der Waals surface area contributed by atoms with E-state index in [2.05, 4.69) is 20.9 Å². The van der Waals surface area contributed by atoms with Gasteiger partial charge in [-0.05, 0) is 54.6 Å². The van der Waals surface area contributed by atoms with Crippen molar-refractivity contribution in [2.24, 2.45) is 4.99 Å². The van der Waals surface area contributed by atoms with E-state index in [-0.39, 0.29) is 6.54 Å². The number of aromatic nitrogens is 1. The minimum Gasteiger partial charge on any atom is -0.468 e. The number of carbonyl (C=O) groups excluding carboxylic acids is 2. The van der Waals surface area contributed by atoms with E-state index in [1.807, 2.05) is 48.5 Å². The van der Waals surface area contributed by atoms with Crippen LogP contribution in [-0.4, -0.2) is 23.6 Å². The van der Waals surface area contributed by atoms with Crippen LogP contribution in [0.3, 0.4) is 0 Å². The maximum Gasteiger partial charge on any atom is 0.325 e. The van der Waals surface area contributed by atoms with Crippen LogP contribution in [0.25, 0.3) is 10.2 Å². The molecule has 4 aromatic rings. The number of fused-ring (bicyclic) bond motifs is 1. The summed E-state index contributed by atoms with van der Waals surface area (Å²) in [4.78, 5) is 29.4. The molecule has 0 unspecified atom stereocenters. The maximum atomic E-state index is 12.8. The third-order valence-corrected chi connectivity index (χ3v) is 5.97. The van der Waals surface area contributed by atoms with E-state index in [4.69, 9.17) is 9.47 Å². The van der Waals surface area contributed by atoms with Gasteiger partial charge < -0.3 is 14.0 Å². The number of hydrogen-bond donors (Lipinski definition) is 0. The number of nitrogens with zero attached hydrogens (tertiary/aromatic N) is 2. The molecule has 0 saturated carbocycles. The molecule has 1 heterocycles. The van der Waals surface area contributed by atoms with E-state index >= 15 is 0 Å². The maximum absolute atomic E-state index is 12.8. The van der Waals surface area contributed by atoms with Crippen LogP contribution < -0.4 is 9.54 Å². The van der Waals surface area contributed by atoms with Gasteiger partial charge in [0.1, 0.15) is 18.0 Å². The summed E-state index contributed by atoms with van der Waals surface area (Å²) in [5.74, 6) is 0.510. The second-order valence-electron chi connectivity index (χ2n) is 6.52. The molecule has 0 bridgehead atoms. The van der Waals surface area contributed by atoms with Gasteiger partial charge in [-0.2, -0.15) is 4.99 Å². The molecule has 0 atom stereocenters. The van der Waals surface area contributed by atoms with E-state index in [1.165, 1.54) is 18.4 Å². The van der Waals surface area contributed by atoms with Crippen LogP contribution in [0, 0.1) is 0 Å². The monoisotopic (exact) mass is 496 g/mol. The first-order valence-corrected chi connectivity index (χ1v) is 10.9. The van der Waals surface area contributed by atoms with E-state index in [0.29, 0.717) is 21.9 Å². The van der Waals surface area contributed by atoms with Crippen molar-refractivity contribution in [1.82, 2.24) is 4.57 Å². The predicted molar refractivity (Wildman–Crippen MR) is 122 cm³/mol. The molecule has 0 aliphatic carbocycles. The number of methoxy groups -OCH3 is 1. The summed E-state index contributed by atoms with van der Waals surface area (Å²) in [5, 5.41) is 0. The topological polar surface area (TPSA) is 69.9 Å². The number of rotatable bonds is 5. The largest absolute Gasteiger partial charge is 0.468 e. The molecule has 0 N–H and O–H groups in total. The number of para-hydroxylation sites is 1. The van der Waals surface area contributed by atoms with Gasteiger partial charge in [0.25, 0.3) is 5.91 Å². The first-order chi connectivity index (χ1) is 15.0. The van der Waals surface area contributed by atoms with Gasteiger partial charge in [0.05, 0.1) is 17.3 Å². The van der Waals surface area contributed by atoms with Gasteiger partial charge in [-0.1, -0.05) is 45.5 Å². The van der Waals surface area contributed by atoms with Crippen LogP contribution in [0.15, 0.2) is 82.3 Å². The van der Waals surface area contributed by atoms with Crippen molar-refractivity contribution in [3.05, 3.63) is 87.6 Å². The second kappa shape index (κ2) is 9.28. The van der Waals surface area contributed by atoms with Crippen LogP contribution in [0.2, 0.25) is 0 Å². The third kappa shape index (κ3) is 4.92. The first kappa shape index (κ1) is 21.0. The summed E-state index contributed by atoms with van der Waals surface area (Å²) in [6, 6.07) is 21.8. The Morgan fingerprint density at radius 2 is 1.71 bits per heavy atom. The minimum atomic E-state index is -0.418. The van der Waals surface area contributed by atoms with Crippen molar-refractivity contribution in [2.75, 3.05) is 7.11 Å². The zero-order chi connectivity index (χ0) is 21.8. The summed E-state index contributed by atoms with van der Waals surface area (Å²) in [6.07, 6.45) is 0. The molecular formula is C23H17BrN2O4S. The number of esters is 1. The summed E-state index contributed by atoms with van der Waals surface area (Å²) in [5.41, 5.74) is 1.22. The Labute approximate surface area is 190 Å². The normalized spacial score (nSPS) is 11.5. The molecule has 0 aliphatic rings. The Kier molecular flexibility index (Phi) is 6.29. The summed E-state index contributed by atoms with van der Waals surface area (Å²) in [6.45, 7) is -0.0336. The minimum absolute atomic E-state index is 0.0336. The predicted octanol–water partition coefficient (Wildman–Crippen LogP) is 5.17. The van der Waals surface area contributed by atoms with Crippen LogP contribution in [0.1, 0.15) is 10.4 Å². The number of carbonyl (C=O) groups is 2. The summed E-state index contributed by atoms with van der Waals surface area (Å²) >= 11 is 4.78. The van der Waals surface area contributed by atoms with Crippen molar-refractivity contribution in [3.8, 4) is 11.5 Å². The summed E-state index contributed by atoms with van der Waals surface area (Å²) in [7, 11) is 1.33. The van der Waals surface area contributed by atoms with Gasteiger partial charge in [-0.15, -0.1) is 0 Å². The number of ether oxygens (including phenoxy) is 2. The molecule has 1 amide bonds. The standard InChI is InChI=1S/C23H17BrN2O4S/c1-29-21(27)14-26-19-12-9-16(24)13-20(19)31-23(26)25-22(28)15-7-10-18(11-8-15)30-17-5-3-2-4-6-17/h2-13H,14H2,1H3. The highest BCUT2D eigenvalue weighted by molar-refractivity contribution is 9.10. The highest BCUT2D eigenvalue weighted by Gasteiger charge is 2.13. The van der Waals surface area contributed by atoms with Crippen molar-refractivity contribution in [3.63, 3.8) is 0 Å². The van der Waals surface area contributed by atoms with Crippen molar-refractivity contribution in [1.29, 1.82) is 0 Å². The zero-order valence-electron chi connectivity index (χ0n) is 16.4. The molecule has 0 spiro atoms. The van der Waals surface area contributed by atoms with Crippen LogP contribution in [-0.2, 0) is 16.1 Å². The lowest BCUT2D eigenvalue weighted by Crippen LogP contribution is -2.22. The Morgan fingerprint density at radius 1 is 1.00 bits per heavy atom. The van der Waals surface area contributed by atoms with E-state index in [0.717, 1.165) is 14.7 Å². The SMILES string of the molecule is COC(=O)Cn1c(=NC(=O)c2ccc(Oc3ccccc3)cc2)sc2cc(Br)ccc21. The highest BCUT2D eigenvalue weighted by atomic mass is 79.9. The molecule has 0 radical (unpaired) electrons. The molecule has 6 nitrogen and oxygen atoms in total. The van der Waals surface area contributed by atoms with Crippen molar-refractivity contribution >= 4 is 49.4 Å². The molecule has 0 fully saturated rings. The van der Waals surface area contributed by atoms with Crippen LogP contribution in [0.4, 0.5) is 0 Å². The quantitative estimate of drug-likeness (QED) is 0.357. The number of halogens is 1. The Hall–Kier alpha value is -3.23. The Balaban J connectivity index is 1.65. The zero-order valence-corrected chi connectivity index (χ0v) is 18.9. The second-order valence-corrected chi connectivity index (χ2v) is 8.44. The lowest BCUT2D eigenvalue weighted by molar-refractivity contribution is -0.141. The average Bonchev–Trinajstić information content (AvgIpc) is 3.10. The average molecular weight is 497 g/mol. The fraction of sp³-hybridized carbons (Fsp3) is 0.0870. The summed E-state index contributed by atoms with van der Waals surface area (Å²) < 4.78 is 14.0. The first-order valence-electron chi connectivity index (χ1n) is 9.31. The van der Waals surface area contributed by atoms with Gasteiger partial charge in [-0.25, -0.2) is 0 Å². The highest BCUT2D eigenvalue weighted by Crippen LogP contribution is 2.23. The number of amides is 1. The fourth-order valence-corrected chi connectivity index (χ4v) is 4.50. The Morgan fingerprint density at radius 3 is 2.42 bits per heavy atom.